The van der Waals surface area contributed by atoms with Crippen molar-refractivity contribution in [3.63, 3.8) is 0 Å². The number of nitro benzene ring substituents is 1. The van der Waals surface area contributed by atoms with Crippen LogP contribution in [0.1, 0.15) is 16.7 Å². The lowest BCUT2D eigenvalue weighted by molar-refractivity contribution is -0.384. The summed E-state index contributed by atoms with van der Waals surface area (Å²) in [4.78, 5) is 41.5. The van der Waals surface area contributed by atoms with E-state index in [0.29, 0.717) is 31.9 Å². The number of amides is 2. The summed E-state index contributed by atoms with van der Waals surface area (Å²) in [5.41, 5.74) is 4.63. The van der Waals surface area contributed by atoms with Gasteiger partial charge in [0, 0.05) is 37.9 Å². The third-order valence-corrected chi connectivity index (χ3v) is 5.81. The van der Waals surface area contributed by atoms with Crippen molar-refractivity contribution >= 4 is 28.9 Å². The van der Waals surface area contributed by atoms with Crippen molar-refractivity contribution in [2.24, 2.45) is 0 Å². The molecule has 1 aliphatic rings. The molecule has 1 saturated heterocycles. The van der Waals surface area contributed by atoms with Crippen molar-refractivity contribution in [1.82, 2.24) is 9.80 Å². The van der Waals surface area contributed by atoms with Gasteiger partial charge in [0.1, 0.15) is 5.69 Å². The molecular weight excluding hydrogens is 422 g/mol. The van der Waals surface area contributed by atoms with Crippen LogP contribution in [0.5, 0.6) is 0 Å². The zero-order chi connectivity index (χ0) is 24.1. The topological polar surface area (TPSA) is 99.0 Å². The van der Waals surface area contributed by atoms with E-state index in [0.717, 1.165) is 22.4 Å². The predicted molar refractivity (Wildman–Crippen MR) is 129 cm³/mol. The second-order valence-electron chi connectivity index (χ2n) is 8.61. The number of hydrogen-bond acceptors (Lipinski definition) is 6. The van der Waals surface area contributed by atoms with Crippen LogP contribution in [0, 0.1) is 30.9 Å². The summed E-state index contributed by atoms with van der Waals surface area (Å²) in [6, 6.07) is 10.7. The number of hydrogen-bond donors (Lipinski definition) is 1. The molecule has 0 bridgehead atoms. The number of carbonyl (C=O) groups excluding carboxylic acids is 2. The van der Waals surface area contributed by atoms with Gasteiger partial charge >= 0.3 is 0 Å². The van der Waals surface area contributed by atoms with Gasteiger partial charge in [-0.05, 0) is 45.0 Å². The minimum absolute atomic E-state index is 0.0600. The van der Waals surface area contributed by atoms with Gasteiger partial charge in [-0.25, -0.2) is 0 Å². The molecule has 1 aliphatic heterocycles. The third kappa shape index (κ3) is 6.07. The number of aryl methyl sites for hydroxylation is 3. The van der Waals surface area contributed by atoms with Crippen LogP contribution in [-0.2, 0) is 9.59 Å². The van der Waals surface area contributed by atoms with Gasteiger partial charge in [-0.15, -0.1) is 0 Å². The fraction of sp³-hybridized carbons (Fsp3) is 0.417. The predicted octanol–water partition coefficient (Wildman–Crippen LogP) is 2.74. The molecule has 2 amide bonds. The van der Waals surface area contributed by atoms with Crippen molar-refractivity contribution < 1.29 is 14.5 Å². The monoisotopic (exact) mass is 453 g/mol. The molecule has 3 rings (SSSR count). The van der Waals surface area contributed by atoms with E-state index >= 15 is 0 Å². The van der Waals surface area contributed by atoms with Crippen LogP contribution in [0.15, 0.2) is 36.4 Å². The van der Waals surface area contributed by atoms with Crippen LogP contribution in [-0.4, -0.2) is 72.9 Å². The normalized spacial score (nSPS) is 13.8. The maximum absolute atomic E-state index is 12.7. The summed E-state index contributed by atoms with van der Waals surface area (Å²) in [7, 11) is 1.75. The van der Waals surface area contributed by atoms with E-state index in [9.17, 15) is 19.7 Å². The molecule has 0 unspecified atom stereocenters. The highest BCUT2D eigenvalue weighted by atomic mass is 16.6. The van der Waals surface area contributed by atoms with Gasteiger partial charge in [0.05, 0.1) is 18.0 Å². The van der Waals surface area contributed by atoms with Gasteiger partial charge in [0.2, 0.25) is 11.8 Å². The van der Waals surface area contributed by atoms with Gasteiger partial charge in [-0.1, -0.05) is 29.8 Å². The summed E-state index contributed by atoms with van der Waals surface area (Å²) < 4.78 is 0. The first-order chi connectivity index (χ1) is 15.7. The molecule has 9 nitrogen and oxygen atoms in total. The fourth-order valence-corrected chi connectivity index (χ4v) is 4.27. The summed E-state index contributed by atoms with van der Waals surface area (Å²) in [6.45, 7) is 8.18. The van der Waals surface area contributed by atoms with Crippen LogP contribution in [0.2, 0.25) is 0 Å². The SMILES string of the molecule is Cc1cc(C)c(NC(=O)CN(C)CC(=O)N2CCN(c3ccccc3[N+](=O)[O-])CC2)c(C)c1. The molecule has 33 heavy (non-hydrogen) atoms. The van der Waals surface area contributed by atoms with Gasteiger partial charge in [-0.2, -0.15) is 0 Å². The van der Waals surface area contributed by atoms with E-state index < -0.39 is 0 Å². The molecule has 0 aliphatic carbocycles. The maximum atomic E-state index is 12.7. The molecule has 0 radical (unpaired) electrons. The standard InChI is InChI=1S/C24H31N5O4/c1-17-13-18(2)24(19(3)14-17)25-22(30)15-26(4)16-23(31)28-11-9-27(10-12-28)20-7-5-6-8-21(20)29(32)33/h5-8,13-14H,9-12,15-16H2,1-4H3,(H,25,30). The van der Waals surface area contributed by atoms with Crippen molar-refractivity contribution in [2.45, 2.75) is 20.8 Å². The Morgan fingerprint density at radius 3 is 2.24 bits per heavy atom. The number of benzene rings is 2. The number of anilines is 2. The number of likely N-dealkylation sites (N-methyl/N-ethyl adjacent to an activating group) is 1. The minimum atomic E-state index is -0.382. The van der Waals surface area contributed by atoms with Crippen LogP contribution >= 0.6 is 0 Å². The second kappa shape index (κ2) is 10.4. The molecule has 1 N–H and O–H groups in total. The molecule has 1 fully saturated rings. The quantitative estimate of drug-likeness (QED) is 0.511. The highest BCUT2D eigenvalue weighted by Gasteiger charge is 2.26. The number of rotatable bonds is 7. The van der Waals surface area contributed by atoms with E-state index in [2.05, 4.69) is 5.32 Å². The van der Waals surface area contributed by atoms with E-state index in [1.165, 1.54) is 6.07 Å². The number of piperazine rings is 1. The van der Waals surface area contributed by atoms with E-state index in [1.807, 2.05) is 37.8 Å². The Bertz CT molecular complexity index is 1020. The van der Waals surface area contributed by atoms with Crippen LogP contribution in [0.3, 0.4) is 0 Å². The summed E-state index contributed by atoms with van der Waals surface area (Å²) in [5.74, 6) is -0.225. The summed E-state index contributed by atoms with van der Waals surface area (Å²) in [6.07, 6.45) is 0. The lowest BCUT2D eigenvalue weighted by Crippen LogP contribution is -2.51. The first kappa shape index (κ1) is 24.2. The summed E-state index contributed by atoms with van der Waals surface area (Å²) >= 11 is 0. The second-order valence-corrected chi connectivity index (χ2v) is 8.61. The van der Waals surface area contributed by atoms with Crippen molar-refractivity contribution in [3.8, 4) is 0 Å². The Labute approximate surface area is 194 Å². The Morgan fingerprint density at radius 2 is 1.64 bits per heavy atom. The van der Waals surface area contributed by atoms with Gasteiger partial charge < -0.3 is 15.1 Å². The van der Waals surface area contributed by atoms with Crippen LogP contribution in [0.25, 0.3) is 0 Å². The van der Waals surface area contributed by atoms with Crippen molar-refractivity contribution in [3.05, 3.63) is 63.2 Å². The Morgan fingerprint density at radius 1 is 1.03 bits per heavy atom. The first-order valence-electron chi connectivity index (χ1n) is 11.0. The third-order valence-electron chi connectivity index (χ3n) is 5.81. The zero-order valence-corrected chi connectivity index (χ0v) is 19.6. The Balaban J connectivity index is 1.50. The van der Waals surface area contributed by atoms with Crippen LogP contribution in [0.4, 0.5) is 17.1 Å². The molecule has 0 atom stereocenters. The number of nitro groups is 1. The maximum Gasteiger partial charge on any atom is 0.292 e. The molecule has 2 aromatic carbocycles. The molecule has 176 valence electrons. The Kier molecular flexibility index (Phi) is 7.65. The van der Waals surface area contributed by atoms with Crippen molar-refractivity contribution in [2.75, 3.05) is 56.5 Å². The molecule has 0 aromatic heterocycles. The molecule has 0 saturated carbocycles. The largest absolute Gasteiger partial charge is 0.362 e. The van der Waals surface area contributed by atoms with Gasteiger partial charge in [0.15, 0.2) is 0 Å². The molecule has 0 spiro atoms. The highest BCUT2D eigenvalue weighted by Crippen LogP contribution is 2.28. The number of nitrogens with one attached hydrogen (secondary N) is 1. The average Bonchev–Trinajstić information content (AvgIpc) is 2.76. The average molecular weight is 454 g/mol. The fourth-order valence-electron chi connectivity index (χ4n) is 4.27. The van der Waals surface area contributed by atoms with E-state index in [-0.39, 0.29) is 35.5 Å². The molecular formula is C24H31N5O4. The van der Waals surface area contributed by atoms with E-state index in [1.54, 1.807) is 35.0 Å². The number of carbonyl (C=O) groups is 2. The first-order valence-corrected chi connectivity index (χ1v) is 11.0. The lowest BCUT2D eigenvalue weighted by atomic mass is 10.1. The van der Waals surface area contributed by atoms with Gasteiger partial charge in [0.25, 0.3) is 5.69 Å². The smallest absolute Gasteiger partial charge is 0.292 e. The summed E-state index contributed by atoms with van der Waals surface area (Å²) in [5, 5.41) is 14.3. The van der Waals surface area contributed by atoms with Crippen LogP contribution < -0.4 is 10.2 Å². The lowest BCUT2D eigenvalue weighted by Gasteiger charge is -2.36. The van der Waals surface area contributed by atoms with E-state index in [4.69, 9.17) is 0 Å². The highest BCUT2D eigenvalue weighted by molar-refractivity contribution is 5.94. The number of para-hydroxylation sites is 2. The Hall–Kier alpha value is -3.46. The number of nitrogens with zero attached hydrogens (tertiary/aromatic N) is 4. The molecule has 1 heterocycles. The van der Waals surface area contributed by atoms with Crippen molar-refractivity contribution in [1.29, 1.82) is 0 Å². The zero-order valence-electron chi connectivity index (χ0n) is 19.6. The molecule has 9 heteroatoms. The molecule has 2 aromatic rings. The van der Waals surface area contributed by atoms with Gasteiger partial charge in [-0.3, -0.25) is 24.6 Å². The minimum Gasteiger partial charge on any atom is -0.362 e.